The highest BCUT2D eigenvalue weighted by molar-refractivity contribution is 7.22. The lowest BCUT2D eigenvalue weighted by Crippen LogP contribution is -2.19. The summed E-state index contributed by atoms with van der Waals surface area (Å²) < 4.78 is 11.7. The molecule has 6 nitrogen and oxygen atoms in total. The monoisotopic (exact) mass is 341 g/mol. The van der Waals surface area contributed by atoms with Crippen molar-refractivity contribution < 1.29 is 14.3 Å². The standard InChI is InChI=1S/C17H15N3O3S/c1-22-10-5-6-15-13(9-10)19-17(24-15)20-16(21)18-12-3-2-4-14-11(12)7-8-23-14/h2-6,9H,7-8H2,1H3,(H2,18,19,20,21). The van der Waals surface area contributed by atoms with Gasteiger partial charge in [-0.05, 0) is 24.3 Å². The van der Waals surface area contributed by atoms with E-state index in [-0.39, 0.29) is 6.03 Å². The number of nitrogens with one attached hydrogen (secondary N) is 2. The van der Waals surface area contributed by atoms with Crippen LogP contribution in [0, 0.1) is 0 Å². The van der Waals surface area contributed by atoms with Gasteiger partial charge in [0.25, 0.3) is 0 Å². The molecule has 0 saturated heterocycles. The van der Waals surface area contributed by atoms with E-state index < -0.39 is 0 Å². The number of fused-ring (bicyclic) bond motifs is 2. The molecule has 2 amide bonds. The first kappa shape index (κ1) is 14.8. The average molecular weight is 341 g/mol. The summed E-state index contributed by atoms with van der Waals surface area (Å²) in [5, 5.41) is 6.20. The summed E-state index contributed by atoms with van der Waals surface area (Å²) in [5.74, 6) is 1.57. The van der Waals surface area contributed by atoms with Crippen LogP contribution in [0.2, 0.25) is 0 Å². The van der Waals surface area contributed by atoms with Crippen LogP contribution >= 0.6 is 11.3 Å². The first-order valence-electron chi connectivity index (χ1n) is 7.50. The zero-order valence-corrected chi connectivity index (χ0v) is 13.8. The van der Waals surface area contributed by atoms with Gasteiger partial charge in [0.2, 0.25) is 0 Å². The number of rotatable bonds is 3. The first-order valence-corrected chi connectivity index (χ1v) is 8.32. The Labute approximate surface area is 142 Å². The number of ether oxygens (including phenoxy) is 2. The molecule has 1 aliphatic heterocycles. The van der Waals surface area contributed by atoms with Crippen molar-refractivity contribution in [3.8, 4) is 11.5 Å². The summed E-state index contributed by atoms with van der Waals surface area (Å²) in [4.78, 5) is 16.7. The summed E-state index contributed by atoms with van der Waals surface area (Å²) in [7, 11) is 1.61. The third-order valence-electron chi connectivity index (χ3n) is 3.81. The average Bonchev–Trinajstić information content (AvgIpc) is 3.20. The highest BCUT2D eigenvalue weighted by Gasteiger charge is 2.17. The van der Waals surface area contributed by atoms with Crippen LogP contribution in [0.5, 0.6) is 11.5 Å². The zero-order valence-electron chi connectivity index (χ0n) is 13.0. The van der Waals surface area contributed by atoms with Crippen LogP contribution < -0.4 is 20.1 Å². The summed E-state index contributed by atoms with van der Waals surface area (Å²) in [6, 6.07) is 11.0. The minimum absolute atomic E-state index is 0.318. The largest absolute Gasteiger partial charge is 0.497 e. The Morgan fingerprint density at radius 3 is 3.08 bits per heavy atom. The molecule has 0 atom stereocenters. The number of amides is 2. The molecular formula is C17H15N3O3S. The molecule has 1 aliphatic rings. The van der Waals surface area contributed by atoms with E-state index in [9.17, 15) is 4.79 Å². The normalized spacial score (nSPS) is 12.5. The Hall–Kier alpha value is -2.80. The van der Waals surface area contributed by atoms with Gasteiger partial charge in [0, 0.05) is 23.7 Å². The third kappa shape index (κ3) is 2.74. The number of aromatic nitrogens is 1. The molecule has 0 unspecified atom stereocenters. The fourth-order valence-corrected chi connectivity index (χ4v) is 3.52. The van der Waals surface area contributed by atoms with E-state index in [1.807, 2.05) is 36.4 Å². The second-order valence-corrected chi connectivity index (χ2v) is 6.34. The number of urea groups is 1. The van der Waals surface area contributed by atoms with Gasteiger partial charge in [-0.15, -0.1) is 0 Å². The molecule has 2 N–H and O–H groups in total. The van der Waals surface area contributed by atoms with Crippen LogP contribution in [0.25, 0.3) is 10.2 Å². The van der Waals surface area contributed by atoms with Crippen LogP contribution in [-0.4, -0.2) is 24.7 Å². The lowest BCUT2D eigenvalue weighted by molar-refractivity contribution is 0.262. The molecule has 0 fully saturated rings. The van der Waals surface area contributed by atoms with E-state index in [4.69, 9.17) is 9.47 Å². The first-order chi connectivity index (χ1) is 11.7. The van der Waals surface area contributed by atoms with Crippen LogP contribution in [-0.2, 0) is 6.42 Å². The Bertz CT molecular complexity index is 923. The zero-order chi connectivity index (χ0) is 16.5. The maximum Gasteiger partial charge on any atom is 0.325 e. The molecule has 3 aromatic rings. The predicted octanol–water partition coefficient (Wildman–Crippen LogP) is 3.88. The summed E-state index contributed by atoms with van der Waals surface area (Å²) in [5.41, 5.74) is 2.59. The second kappa shape index (κ2) is 6.01. The molecular weight excluding hydrogens is 326 g/mol. The van der Waals surface area contributed by atoms with Gasteiger partial charge in [0.1, 0.15) is 11.5 Å². The van der Waals surface area contributed by atoms with Crippen molar-refractivity contribution in [1.82, 2.24) is 4.98 Å². The number of nitrogens with zero attached hydrogens (tertiary/aromatic N) is 1. The summed E-state index contributed by atoms with van der Waals surface area (Å²) in [6.45, 7) is 0.648. The topological polar surface area (TPSA) is 72.5 Å². The van der Waals surface area contributed by atoms with Gasteiger partial charge < -0.3 is 14.8 Å². The van der Waals surface area contributed by atoms with Gasteiger partial charge in [-0.1, -0.05) is 17.4 Å². The van der Waals surface area contributed by atoms with E-state index in [0.717, 1.165) is 39.4 Å². The molecule has 0 radical (unpaired) electrons. The van der Waals surface area contributed by atoms with Gasteiger partial charge in [-0.25, -0.2) is 9.78 Å². The van der Waals surface area contributed by atoms with Gasteiger partial charge >= 0.3 is 6.03 Å². The number of methoxy groups -OCH3 is 1. The van der Waals surface area contributed by atoms with Crippen LogP contribution in [0.1, 0.15) is 5.56 Å². The Morgan fingerprint density at radius 1 is 1.29 bits per heavy atom. The van der Waals surface area contributed by atoms with Gasteiger partial charge in [-0.3, -0.25) is 5.32 Å². The molecule has 4 rings (SSSR count). The minimum atomic E-state index is -0.318. The predicted molar refractivity (Wildman–Crippen MR) is 94.5 cm³/mol. The molecule has 122 valence electrons. The maximum atomic E-state index is 12.3. The minimum Gasteiger partial charge on any atom is -0.497 e. The van der Waals surface area contributed by atoms with Crippen molar-refractivity contribution in [3.05, 3.63) is 42.0 Å². The SMILES string of the molecule is COc1ccc2sc(NC(=O)Nc3cccc4c3CCO4)nc2c1. The van der Waals surface area contributed by atoms with Gasteiger partial charge in [0.05, 0.1) is 23.9 Å². The lowest BCUT2D eigenvalue weighted by Gasteiger charge is -2.08. The van der Waals surface area contributed by atoms with Crippen molar-refractivity contribution in [2.45, 2.75) is 6.42 Å². The van der Waals surface area contributed by atoms with E-state index in [2.05, 4.69) is 15.6 Å². The number of hydrogen-bond acceptors (Lipinski definition) is 5. The fraction of sp³-hybridized carbons (Fsp3) is 0.176. The molecule has 1 aromatic heterocycles. The van der Waals surface area contributed by atoms with Crippen molar-refractivity contribution >= 4 is 38.4 Å². The molecule has 2 heterocycles. The molecule has 0 bridgehead atoms. The van der Waals surface area contributed by atoms with Crippen LogP contribution in [0.3, 0.4) is 0 Å². The molecule has 0 spiro atoms. The highest BCUT2D eigenvalue weighted by Crippen LogP contribution is 2.32. The van der Waals surface area contributed by atoms with E-state index in [1.165, 1.54) is 11.3 Å². The Morgan fingerprint density at radius 2 is 2.21 bits per heavy atom. The van der Waals surface area contributed by atoms with Crippen molar-refractivity contribution in [2.24, 2.45) is 0 Å². The third-order valence-corrected chi connectivity index (χ3v) is 4.76. The number of carbonyl (C=O) groups is 1. The fourth-order valence-electron chi connectivity index (χ4n) is 2.68. The number of thiazole rings is 1. The summed E-state index contributed by atoms with van der Waals surface area (Å²) in [6.07, 6.45) is 0.798. The Balaban J connectivity index is 1.51. The molecule has 2 aromatic carbocycles. The quantitative estimate of drug-likeness (QED) is 0.758. The smallest absolute Gasteiger partial charge is 0.325 e. The molecule has 0 aliphatic carbocycles. The van der Waals surface area contributed by atoms with E-state index >= 15 is 0 Å². The Kier molecular flexibility index (Phi) is 3.70. The molecule has 7 heteroatoms. The lowest BCUT2D eigenvalue weighted by atomic mass is 10.1. The van der Waals surface area contributed by atoms with Crippen molar-refractivity contribution in [2.75, 3.05) is 24.4 Å². The number of anilines is 2. The van der Waals surface area contributed by atoms with Crippen molar-refractivity contribution in [3.63, 3.8) is 0 Å². The van der Waals surface area contributed by atoms with Crippen LogP contribution in [0.15, 0.2) is 36.4 Å². The van der Waals surface area contributed by atoms with Crippen LogP contribution in [0.4, 0.5) is 15.6 Å². The van der Waals surface area contributed by atoms with Gasteiger partial charge in [0.15, 0.2) is 5.13 Å². The molecule has 24 heavy (non-hydrogen) atoms. The number of benzene rings is 2. The number of carbonyl (C=O) groups excluding carboxylic acids is 1. The second-order valence-electron chi connectivity index (χ2n) is 5.31. The van der Waals surface area contributed by atoms with E-state index in [1.54, 1.807) is 7.11 Å². The number of hydrogen-bond donors (Lipinski definition) is 2. The highest BCUT2D eigenvalue weighted by atomic mass is 32.1. The van der Waals surface area contributed by atoms with E-state index in [0.29, 0.717) is 11.7 Å². The molecule has 0 saturated carbocycles. The maximum absolute atomic E-state index is 12.3. The van der Waals surface area contributed by atoms with Crippen molar-refractivity contribution in [1.29, 1.82) is 0 Å². The summed E-state index contributed by atoms with van der Waals surface area (Å²) >= 11 is 1.42. The van der Waals surface area contributed by atoms with Gasteiger partial charge in [-0.2, -0.15) is 0 Å².